The standard InChI is InChI=1S/C25H22F3N5O4/c1-15-12-32-22(20(11-30-32)31-23(34)17-5-8-21(36-2)18(9-17)10-29)24(35)33(15)19-6-3-16(4-7-19)13-37-14-25(26,27)28/h3-9,11,15H,12-14H2,1-2H3,(H,31,34)/t15-/m0/s1. The fraction of sp³-hybridized carbons (Fsp3) is 0.280. The maximum absolute atomic E-state index is 13.5. The molecule has 0 bridgehead atoms. The molecule has 2 aromatic carbocycles. The van der Waals surface area contributed by atoms with Crippen molar-refractivity contribution in [1.29, 1.82) is 5.26 Å². The number of nitriles is 1. The zero-order valence-corrected chi connectivity index (χ0v) is 19.9. The summed E-state index contributed by atoms with van der Waals surface area (Å²) in [5, 5.41) is 16.2. The second-order valence-corrected chi connectivity index (χ2v) is 8.37. The molecule has 192 valence electrons. The number of nitrogens with zero attached hydrogens (tertiary/aromatic N) is 4. The van der Waals surface area contributed by atoms with Crippen molar-refractivity contribution in [1.82, 2.24) is 9.78 Å². The van der Waals surface area contributed by atoms with E-state index < -0.39 is 24.6 Å². The molecule has 0 fully saturated rings. The number of anilines is 2. The van der Waals surface area contributed by atoms with Crippen LogP contribution in [0.2, 0.25) is 0 Å². The zero-order chi connectivity index (χ0) is 26.7. The average Bonchev–Trinajstić information content (AvgIpc) is 3.26. The zero-order valence-electron chi connectivity index (χ0n) is 19.9. The number of methoxy groups -OCH3 is 1. The van der Waals surface area contributed by atoms with Crippen LogP contribution in [0.5, 0.6) is 5.75 Å². The molecule has 0 saturated carbocycles. The first-order valence-corrected chi connectivity index (χ1v) is 11.1. The number of carbonyl (C=O) groups is 2. The predicted octanol–water partition coefficient (Wildman–Crippen LogP) is 4.14. The molecule has 9 nitrogen and oxygen atoms in total. The summed E-state index contributed by atoms with van der Waals surface area (Å²) in [5.74, 6) is -0.601. The molecule has 4 rings (SSSR count). The van der Waals surface area contributed by atoms with Gasteiger partial charge in [0, 0.05) is 11.3 Å². The molecule has 0 radical (unpaired) electrons. The van der Waals surface area contributed by atoms with Gasteiger partial charge in [-0.05, 0) is 42.8 Å². The van der Waals surface area contributed by atoms with Crippen LogP contribution >= 0.6 is 0 Å². The van der Waals surface area contributed by atoms with Crippen LogP contribution in [0.15, 0.2) is 48.7 Å². The predicted molar refractivity (Wildman–Crippen MR) is 126 cm³/mol. The van der Waals surface area contributed by atoms with Gasteiger partial charge in [-0.25, -0.2) is 0 Å². The first-order chi connectivity index (χ1) is 17.6. The van der Waals surface area contributed by atoms with Crippen LogP contribution in [0.1, 0.15) is 38.9 Å². The summed E-state index contributed by atoms with van der Waals surface area (Å²) in [6.07, 6.45) is -3.02. The van der Waals surface area contributed by atoms with Gasteiger partial charge in [0.1, 0.15) is 24.1 Å². The van der Waals surface area contributed by atoms with Gasteiger partial charge in [0.2, 0.25) is 0 Å². The summed E-state index contributed by atoms with van der Waals surface area (Å²) < 4.78 is 48.2. The fourth-order valence-electron chi connectivity index (χ4n) is 4.03. The highest BCUT2D eigenvalue weighted by Crippen LogP contribution is 2.30. The molecule has 2 heterocycles. The lowest BCUT2D eigenvalue weighted by Crippen LogP contribution is -2.47. The summed E-state index contributed by atoms with van der Waals surface area (Å²) in [6.45, 7) is 0.630. The summed E-state index contributed by atoms with van der Waals surface area (Å²) in [6, 6.07) is 12.5. The second-order valence-electron chi connectivity index (χ2n) is 8.37. The van der Waals surface area contributed by atoms with E-state index in [-0.39, 0.29) is 35.2 Å². The largest absolute Gasteiger partial charge is 0.495 e. The highest BCUT2D eigenvalue weighted by Gasteiger charge is 2.35. The number of halogens is 3. The topological polar surface area (TPSA) is 109 Å². The van der Waals surface area contributed by atoms with Crippen LogP contribution in [0.25, 0.3) is 0 Å². The van der Waals surface area contributed by atoms with Gasteiger partial charge in [-0.3, -0.25) is 14.3 Å². The normalized spacial score (nSPS) is 15.2. The molecule has 37 heavy (non-hydrogen) atoms. The van der Waals surface area contributed by atoms with Crippen molar-refractivity contribution in [2.45, 2.75) is 32.3 Å². The Hall–Kier alpha value is -4.37. The van der Waals surface area contributed by atoms with E-state index in [0.29, 0.717) is 23.5 Å². The van der Waals surface area contributed by atoms with E-state index in [9.17, 15) is 28.0 Å². The Morgan fingerprint density at radius 3 is 2.62 bits per heavy atom. The number of ether oxygens (including phenoxy) is 2. The number of benzene rings is 2. The summed E-state index contributed by atoms with van der Waals surface area (Å²) in [7, 11) is 1.42. The van der Waals surface area contributed by atoms with Crippen molar-refractivity contribution < 1.29 is 32.2 Å². The van der Waals surface area contributed by atoms with Gasteiger partial charge in [-0.15, -0.1) is 0 Å². The molecule has 1 atom stereocenters. The number of carbonyl (C=O) groups excluding carboxylic acids is 2. The number of aromatic nitrogens is 2. The van der Waals surface area contributed by atoms with E-state index in [1.54, 1.807) is 24.3 Å². The van der Waals surface area contributed by atoms with Crippen LogP contribution in [0.3, 0.4) is 0 Å². The minimum absolute atomic E-state index is 0.179. The van der Waals surface area contributed by atoms with E-state index in [1.807, 2.05) is 13.0 Å². The molecule has 0 unspecified atom stereocenters. The van der Waals surface area contributed by atoms with Crippen molar-refractivity contribution in [2.75, 3.05) is 23.9 Å². The van der Waals surface area contributed by atoms with Gasteiger partial charge >= 0.3 is 6.18 Å². The Morgan fingerprint density at radius 2 is 1.97 bits per heavy atom. The molecule has 0 saturated heterocycles. The first-order valence-electron chi connectivity index (χ1n) is 11.1. The average molecular weight is 513 g/mol. The SMILES string of the molecule is COc1ccc(C(=O)Nc2cnn3c2C(=O)N(c2ccc(COCC(F)(F)F)cc2)[C@@H](C)C3)cc1C#N. The molecule has 2 amide bonds. The lowest BCUT2D eigenvalue weighted by atomic mass is 10.1. The van der Waals surface area contributed by atoms with E-state index in [0.717, 1.165) is 0 Å². The molecule has 1 aliphatic rings. The van der Waals surface area contributed by atoms with Gasteiger partial charge in [-0.1, -0.05) is 12.1 Å². The summed E-state index contributed by atoms with van der Waals surface area (Å²) >= 11 is 0. The molecule has 3 aromatic rings. The summed E-state index contributed by atoms with van der Waals surface area (Å²) in [4.78, 5) is 27.9. The third kappa shape index (κ3) is 5.57. The number of hydrogen-bond acceptors (Lipinski definition) is 6. The molecule has 1 aromatic heterocycles. The number of nitrogens with one attached hydrogen (secondary N) is 1. The van der Waals surface area contributed by atoms with Crippen LogP contribution in [-0.4, -0.2) is 47.5 Å². The summed E-state index contributed by atoms with van der Waals surface area (Å²) in [5.41, 5.74) is 1.84. The van der Waals surface area contributed by atoms with Crippen molar-refractivity contribution >= 4 is 23.2 Å². The molecular formula is C25H22F3N5O4. The maximum Gasteiger partial charge on any atom is 0.411 e. The van der Waals surface area contributed by atoms with Gasteiger partial charge in [0.05, 0.1) is 43.8 Å². The van der Waals surface area contributed by atoms with Gasteiger partial charge in [-0.2, -0.15) is 23.5 Å². The highest BCUT2D eigenvalue weighted by atomic mass is 19.4. The van der Waals surface area contributed by atoms with Gasteiger partial charge in [0.15, 0.2) is 0 Å². The van der Waals surface area contributed by atoms with Gasteiger partial charge < -0.3 is 19.7 Å². The van der Waals surface area contributed by atoms with Crippen LogP contribution in [0.4, 0.5) is 24.5 Å². The maximum atomic E-state index is 13.5. The third-order valence-corrected chi connectivity index (χ3v) is 5.72. The Kier molecular flexibility index (Phi) is 7.17. The molecule has 12 heteroatoms. The molecule has 1 N–H and O–H groups in total. The van der Waals surface area contributed by atoms with Crippen molar-refractivity contribution in [3.8, 4) is 11.8 Å². The Balaban J connectivity index is 1.52. The molecule has 1 aliphatic heterocycles. The lowest BCUT2D eigenvalue weighted by Gasteiger charge is -2.34. The smallest absolute Gasteiger partial charge is 0.411 e. The van der Waals surface area contributed by atoms with Crippen LogP contribution in [-0.2, 0) is 17.9 Å². The van der Waals surface area contributed by atoms with E-state index in [2.05, 4.69) is 15.2 Å². The number of rotatable bonds is 7. The molecule has 0 aliphatic carbocycles. The third-order valence-electron chi connectivity index (χ3n) is 5.72. The van der Waals surface area contributed by atoms with Crippen molar-refractivity contribution in [3.63, 3.8) is 0 Å². The van der Waals surface area contributed by atoms with E-state index >= 15 is 0 Å². The number of hydrogen-bond donors (Lipinski definition) is 1. The first kappa shape index (κ1) is 25.7. The fourth-order valence-corrected chi connectivity index (χ4v) is 4.03. The quantitative estimate of drug-likeness (QED) is 0.509. The van der Waals surface area contributed by atoms with Crippen molar-refractivity contribution in [2.24, 2.45) is 0 Å². The number of fused-ring (bicyclic) bond motifs is 1. The highest BCUT2D eigenvalue weighted by molar-refractivity contribution is 6.13. The monoisotopic (exact) mass is 513 g/mol. The van der Waals surface area contributed by atoms with Crippen molar-refractivity contribution in [3.05, 3.63) is 71.0 Å². The molecular weight excluding hydrogens is 491 g/mol. The van der Waals surface area contributed by atoms with Crippen LogP contribution in [0, 0.1) is 11.3 Å². The Labute approximate surface area is 210 Å². The minimum atomic E-state index is -4.41. The molecule has 0 spiro atoms. The van der Waals surface area contributed by atoms with Gasteiger partial charge in [0.25, 0.3) is 11.8 Å². The second kappa shape index (κ2) is 10.3. The number of amides is 2. The number of alkyl halides is 3. The van der Waals surface area contributed by atoms with E-state index in [1.165, 1.54) is 41.1 Å². The van der Waals surface area contributed by atoms with Crippen LogP contribution < -0.4 is 15.0 Å². The minimum Gasteiger partial charge on any atom is -0.495 e. The lowest BCUT2D eigenvalue weighted by molar-refractivity contribution is -0.176. The van der Waals surface area contributed by atoms with E-state index in [4.69, 9.17) is 4.74 Å². The Bertz CT molecular complexity index is 1360. The Morgan fingerprint density at radius 1 is 1.24 bits per heavy atom.